The Kier molecular flexibility index (Phi) is 5.52. The number of nitrogens with two attached hydrogens (primary N) is 1. The van der Waals surface area contributed by atoms with Crippen LogP contribution in [0.3, 0.4) is 0 Å². The highest BCUT2D eigenvalue weighted by Crippen LogP contribution is 2.26. The Labute approximate surface area is 147 Å². The predicted octanol–water partition coefficient (Wildman–Crippen LogP) is 5.42. The molecule has 0 bridgehead atoms. The van der Waals surface area contributed by atoms with E-state index in [0.29, 0.717) is 6.54 Å². The predicted molar refractivity (Wildman–Crippen MR) is 99.9 cm³/mol. The number of ether oxygens (including phenoxy) is 1. The first-order valence-electron chi connectivity index (χ1n) is 8.02. The first-order valence-corrected chi connectivity index (χ1v) is 8.40. The van der Waals surface area contributed by atoms with Crippen molar-refractivity contribution < 1.29 is 4.74 Å². The van der Waals surface area contributed by atoms with Gasteiger partial charge in [-0.1, -0.05) is 54.1 Å². The molecule has 2 N–H and O–H groups in total. The molecule has 0 fully saturated rings. The highest BCUT2D eigenvalue weighted by molar-refractivity contribution is 6.30. The molecule has 1 unspecified atom stereocenters. The number of benzene rings is 3. The van der Waals surface area contributed by atoms with Crippen molar-refractivity contribution in [3.8, 4) is 11.5 Å². The normalized spacial score (nSPS) is 11.9. The molecule has 3 heteroatoms. The lowest BCUT2D eigenvalue weighted by atomic mass is 9.92. The molecule has 0 saturated carbocycles. The molecule has 2 nitrogen and oxygen atoms in total. The molecule has 0 aromatic heterocycles. The highest BCUT2D eigenvalue weighted by atomic mass is 35.5. The molecule has 122 valence electrons. The van der Waals surface area contributed by atoms with Gasteiger partial charge in [0.2, 0.25) is 0 Å². The fourth-order valence-electron chi connectivity index (χ4n) is 2.72. The summed E-state index contributed by atoms with van der Waals surface area (Å²) in [7, 11) is 0. The van der Waals surface area contributed by atoms with E-state index in [1.165, 1.54) is 11.1 Å². The third-order valence-electron chi connectivity index (χ3n) is 3.99. The van der Waals surface area contributed by atoms with Crippen molar-refractivity contribution in [1.29, 1.82) is 0 Å². The number of hydrogen-bond acceptors (Lipinski definition) is 2. The van der Waals surface area contributed by atoms with E-state index in [-0.39, 0.29) is 5.92 Å². The fraction of sp³-hybridized carbons (Fsp3) is 0.143. The van der Waals surface area contributed by atoms with Gasteiger partial charge in [-0.05, 0) is 60.5 Å². The lowest BCUT2D eigenvalue weighted by molar-refractivity contribution is 0.481. The molecule has 3 aromatic carbocycles. The maximum atomic E-state index is 5.99. The van der Waals surface area contributed by atoms with Gasteiger partial charge in [-0.2, -0.15) is 0 Å². The second-order valence-corrected chi connectivity index (χ2v) is 6.19. The van der Waals surface area contributed by atoms with Gasteiger partial charge in [0.1, 0.15) is 11.5 Å². The van der Waals surface area contributed by atoms with E-state index in [2.05, 4.69) is 12.1 Å². The first kappa shape index (κ1) is 16.6. The van der Waals surface area contributed by atoms with E-state index in [1.807, 2.05) is 66.7 Å². The third-order valence-corrected chi connectivity index (χ3v) is 4.24. The molecule has 0 aliphatic heterocycles. The van der Waals surface area contributed by atoms with Crippen LogP contribution in [-0.4, -0.2) is 6.54 Å². The Morgan fingerprint density at radius 3 is 2.25 bits per heavy atom. The molecule has 3 aromatic rings. The van der Waals surface area contributed by atoms with Crippen LogP contribution < -0.4 is 10.5 Å². The summed E-state index contributed by atoms with van der Waals surface area (Å²) >= 11 is 5.97. The van der Waals surface area contributed by atoms with Gasteiger partial charge in [0, 0.05) is 10.9 Å². The maximum absolute atomic E-state index is 5.99. The molecule has 0 heterocycles. The van der Waals surface area contributed by atoms with Gasteiger partial charge in [0.25, 0.3) is 0 Å². The van der Waals surface area contributed by atoms with Crippen LogP contribution >= 0.6 is 11.6 Å². The van der Waals surface area contributed by atoms with E-state index in [0.717, 1.165) is 22.9 Å². The van der Waals surface area contributed by atoms with Gasteiger partial charge in [-0.3, -0.25) is 0 Å². The maximum Gasteiger partial charge on any atom is 0.127 e. The average Bonchev–Trinajstić information content (AvgIpc) is 2.62. The van der Waals surface area contributed by atoms with E-state index in [9.17, 15) is 0 Å². The van der Waals surface area contributed by atoms with E-state index < -0.39 is 0 Å². The lowest BCUT2D eigenvalue weighted by Gasteiger charge is -2.16. The van der Waals surface area contributed by atoms with Crippen LogP contribution in [-0.2, 0) is 6.42 Å². The average molecular weight is 338 g/mol. The van der Waals surface area contributed by atoms with Crippen molar-refractivity contribution in [1.82, 2.24) is 0 Å². The second kappa shape index (κ2) is 8.00. The first-order chi connectivity index (χ1) is 11.7. The van der Waals surface area contributed by atoms with Crippen LogP contribution in [0, 0.1) is 0 Å². The summed E-state index contributed by atoms with van der Waals surface area (Å²) in [6, 6.07) is 25.9. The Morgan fingerprint density at radius 2 is 1.54 bits per heavy atom. The van der Waals surface area contributed by atoms with Crippen molar-refractivity contribution in [2.24, 2.45) is 5.73 Å². The van der Waals surface area contributed by atoms with Crippen LogP contribution in [0.1, 0.15) is 17.0 Å². The largest absolute Gasteiger partial charge is 0.457 e. The van der Waals surface area contributed by atoms with E-state index in [1.54, 1.807) is 0 Å². The Balaban J connectivity index is 1.74. The van der Waals surface area contributed by atoms with E-state index >= 15 is 0 Å². The van der Waals surface area contributed by atoms with Gasteiger partial charge >= 0.3 is 0 Å². The fourth-order valence-corrected chi connectivity index (χ4v) is 2.84. The van der Waals surface area contributed by atoms with Crippen LogP contribution in [0.25, 0.3) is 0 Å². The standard InChI is InChI=1S/C21H20ClNO/c22-19-11-9-17(10-12-19)18(15-23)13-16-5-4-8-21(14-16)24-20-6-2-1-3-7-20/h1-12,14,18H,13,15,23H2. The SMILES string of the molecule is NCC(Cc1cccc(Oc2ccccc2)c1)c1ccc(Cl)cc1. The minimum atomic E-state index is 0.259. The Hall–Kier alpha value is -2.29. The Bertz CT molecular complexity index is 771. The van der Waals surface area contributed by atoms with Gasteiger partial charge in [0.05, 0.1) is 0 Å². The lowest BCUT2D eigenvalue weighted by Crippen LogP contribution is -2.15. The van der Waals surface area contributed by atoms with Gasteiger partial charge in [-0.15, -0.1) is 0 Å². The smallest absolute Gasteiger partial charge is 0.127 e. The third kappa shape index (κ3) is 4.38. The number of rotatable bonds is 6. The molecule has 0 aliphatic rings. The van der Waals surface area contributed by atoms with E-state index in [4.69, 9.17) is 22.1 Å². The monoisotopic (exact) mass is 337 g/mol. The van der Waals surface area contributed by atoms with Crippen LogP contribution in [0.4, 0.5) is 0 Å². The molecule has 0 saturated heterocycles. The van der Waals surface area contributed by atoms with Crippen molar-refractivity contribution in [3.63, 3.8) is 0 Å². The molecule has 0 radical (unpaired) electrons. The molecule has 0 amide bonds. The zero-order valence-corrected chi connectivity index (χ0v) is 14.1. The van der Waals surface area contributed by atoms with Crippen molar-refractivity contribution in [2.75, 3.05) is 6.54 Å². The van der Waals surface area contributed by atoms with Gasteiger partial charge in [0.15, 0.2) is 0 Å². The summed E-state index contributed by atoms with van der Waals surface area (Å²) in [5.74, 6) is 1.93. The summed E-state index contributed by atoms with van der Waals surface area (Å²) in [4.78, 5) is 0. The van der Waals surface area contributed by atoms with Crippen LogP contribution in [0.5, 0.6) is 11.5 Å². The highest BCUT2D eigenvalue weighted by Gasteiger charge is 2.11. The summed E-state index contributed by atoms with van der Waals surface area (Å²) in [6.45, 7) is 0.589. The molecular weight excluding hydrogens is 318 g/mol. The van der Waals surface area contributed by atoms with Crippen LogP contribution in [0.2, 0.25) is 5.02 Å². The summed E-state index contributed by atoms with van der Waals surface area (Å²) < 4.78 is 5.91. The van der Waals surface area contributed by atoms with Gasteiger partial charge in [-0.25, -0.2) is 0 Å². The molecule has 1 atom stereocenters. The zero-order chi connectivity index (χ0) is 16.8. The number of para-hydroxylation sites is 1. The van der Waals surface area contributed by atoms with Gasteiger partial charge < -0.3 is 10.5 Å². The minimum Gasteiger partial charge on any atom is -0.457 e. The quantitative estimate of drug-likeness (QED) is 0.652. The van der Waals surface area contributed by atoms with Crippen molar-refractivity contribution in [2.45, 2.75) is 12.3 Å². The minimum absolute atomic E-state index is 0.259. The molecule has 0 spiro atoms. The molecular formula is C21H20ClNO. The summed E-state index contributed by atoms with van der Waals surface area (Å²) in [6.07, 6.45) is 0.865. The topological polar surface area (TPSA) is 35.2 Å². The second-order valence-electron chi connectivity index (χ2n) is 5.75. The molecule has 24 heavy (non-hydrogen) atoms. The summed E-state index contributed by atoms with van der Waals surface area (Å²) in [5.41, 5.74) is 8.40. The number of halogens is 1. The van der Waals surface area contributed by atoms with Crippen molar-refractivity contribution in [3.05, 3.63) is 95.0 Å². The Morgan fingerprint density at radius 1 is 0.833 bits per heavy atom. The number of hydrogen-bond donors (Lipinski definition) is 1. The van der Waals surface area contributed by atoms with Crippen molar-refractivity contribution >= 4 is 11.6 Å². The zero-order valence-electron chi connectivity index (χ0n) is 13.4. The molecule has 3 rings (SSSR count). The molecule has 0 aliphatic carbocycles. The summed E-state index contributed by atoms with van der Waals surface area (Å²) in [5, 5.41) is 0.743. The van der Waals surface area contributed by atoms with Crippen LogP contribution in [0.15, 0.2) is 78.9 Å².